The van der Waals surface area contributed by atoms with Crippen LogP contribution in [0.2, 0.25) is 0 Å². The fraction of sp³-hybridized carbons (Fsp3) is 0.333. The lowest BCUT2D eigenvalue weighted by Crippen LogP contribution is -2.63. The Balaban J connectivity index is 1.93. The largest absolute Gasteiger partial charge is 0.508 e. The number of hydrogen-bond donors (Lipinski definition) is 5. The zero-order chi connectivity index (χ0) is 30.9. The zero-order valence-corrected chi connectivity index (χ0v) is 22.3. The topological polar surface area (TPSA) is 229 Å². The molecule has 1 fully saturated rings. The first-order valence-corrected chi connectivity index (χ1v) is 12.3. The number of aromatic hydroxyl groups is 4. The van der Waals surface area contributed by atoms with Gasteiger partial charge in [0.25, 0.3) is 0 Å². The van der Waals surface area contributed by atoms with Crippen molar-refractivity contribution in [1.29, 1.82) is 0 Å². The molecule has 0 radical (unpaired) electrons. The molecule has 3 aromatic rings. The Morgan fingerprint density at radius 1 is 0.810 bits per heavy atom. The van der Waals surface area contributed by atoms with Crippen LogP contribution < -0.4 is 10.2 Å². The van der Waals surface area contributed by atoms with E-state index in [1.54, 1.807) is 0 Å². The van der Waals surface area contributed by atoms with Crippen LogP contribution in [0.25, 0.3) is 22.3 Å². The second-order valence-electron chi connectivity index (χ2n) is 9.20. The molecule has 1 aliphatic rings. The summed E-state index contributed by atoms with van der Waals surface area (Å²) >= 11 is 0. The van der Waals surface area contributed by atoms with Gasteiger partial charge in [-0.25, -0.2) is 0 Å². The molecule has 0 saturated carbocycles. The number of carbonyl (C=O) groups is 3. The van der Waals surface area contributed by atoms with Crippen molar-refractivity contribution in [1.82, 2.24) is 0 Å². The van der Waals surface area contributed by atoms with Gasteiger partial charge in [-0.3, -0.25) is 19.2 Å². The van der Waals surface area contributed by atoms with Crippen molar-refractivity contribution in [3.8, 4) is 40.1 Å². The van der Waals surface area contributed by atoms with Crippen LogP contribution in [0, 0.1) is 0 Å². The Morgan fingerprint density at radius 2 is 1.43 bits per heavy atom. The molecule has 0 aliphatic carbocycles. The highest BCUT2D eigenvalue weighted by atomic mass is 16.7. The molecule has 1 saturated heterocycles. The van der Waals surface area contributed by atoms with E-state index in [9.17, 15) is 44.7 Å². The third-order valence-electron chi connectivity index (χ3n) is 6.07. The zero-order valence-electron chi connectivity index (χ0n) is 22.3. The van der Waals surface area contributed by atoms with Gasteiger partial charge in [-0.05, 0) is 18.2 Å². The number of fused-ring (bicyclic) bond motifs is 1. The summed E-state index contributed by atoms with van der Waals surface area (Å²) < 4.78 is 33.2. The molecule has 1 aliphatic heterocycles. The molecule has 42 heavy (non-hydrogen) atoms. The summed E-state index contributed by atoms with van der Waals surface area (Å²) in [6, 6.07) is 5.25. The molecule has 0 amide bonds. The highest BCUT2D eigenvalue weighted by Gasteiger charge is 2.53. The first-order valence-electron chi connectivity index (χ1n) is 12.3. The maximum absolute atomic E-state index is 13.7. The standard InChI is InChI=1S/C27H26O15/c1-10(29)37-23-19(9-28)41-27(26(39-12(3)31)25(23)38-11(2)30)42-24-21(36)20-17(35)7-14(32)8-18(20)40-22(24)13-4-5-15(33)16(34)6-13/h4-8,19,23,25-28,32-35H,9H2,1-3H3/t19?,23-,25?,26?,27-/m0/s1. The van der Waals surface area contributed by atoms with E-state index >= 15 is 0 Å². The monoisotopic (exact) mass is 590 g/mol. The summed E-state index contributed by atoms with van der Waals surface area (Å²) in [5.74, 6) is -5.97. The van der Waals surface area contributed by atoms with Crippen LogP contribution in [0.1, 0.15) is 20.8 Å². The molecular formula is C27H26O15. The summed E-state index contributed by atoms with van der Waals surface area (Å²) in [7, 11) is 0. The van der Waals surface area contributed by atoms with E-state index in [0.717, 1.165) is 45.0 Å². The number of ether oxygens (including phenoxy) is 5. The van der Waals surface area contributed by atoms with Crippen molar-refractivity contribution in [3.05, 3.63) is 40.6 Å². The summed E-state index contributed by atoms with van der Waals surface area (Å²) in [6.07, 6.45) is -8.01. The third-order valence-corrected chi connectivity index (χ3v) is 6.07. The lowest BCUT2D eigenvalue weighted by molar-refractivity contribution is -0.288. The minimum atomic E-state index is -1.83. The predicted octanol–water partition coefficient (Wildman–Crippen LogP) is 1.17. The number of phenols is 4. The van der Waals surface area contributed by atoms with E-state index in [1.807, 2.05) is 0 Å². The molecule has 5 N–H and O–H groups in total. The molecule has 1 aromatic heterocycles. The molecule has 2 heterocycles. The smallest absolute Gasteiger partial charge is 0.303 e. The molecule has 224 valence electrons. The number of benzene rings is 2. The Bertz CT molecular complexity index is 1590. The normalized spacial score (nSPS) is 21.9. The highest BCUT2D eigenvalue weighted by Crippen LogP contribution is 2.40. The summed E-state index contributed by atoms with van der Waals surface area (Å²) in [6.45, 7) is 2.28. The summed E-state index contributed by atoms with van der Waals surface area (Å²) in [4.78, 5) is 49.6. The molecule has 0 spiro atoms. The summed E-state index contributed by atoms with van der Waals surface area (Å²) in [5.41, 5.74) is -1.35. The first-order chi connectivity index (χ1) is 19.8. The number of hydrogen-bond acceptors (Lipinski definition) is 15. The van der Waals surface area contributed by atoms with Crippen LogP contribution in [-0.4, -0.2) is 80.8 Å². The maximum atomic E-state index is 13.7. The predicted molar refractivity (Wildman–Crippen MR) is 138 cm³/mol. The minimum Gasteiger partial charge on any atom is -0.508 e. The van der Waals surface area contributed by atoms with Crippen LogP contribution in [0.5, 0.6) is 28.7 Å². The van der Waals surface area contributed by atoms with Gasteiger partial charge in [-0.2, -0.15) is 0 Å². The van der Waals surface area contributed by atoms with Gasteiger partial charge < -0.3 is 53.6 Å². The molecule has 15 nitrogen and oxygen atoms in total. The molecule has 15 heteroatoms. The Kier molecular flexibility index (Phi) is 8.44. The van der Waals surface area contributed by atoms with Crippen molar-refractivity contribution in [2.45, 2.75) is 51.5 Å². The highest BCUT2D eigenvalue weighted by molar-refractivity contribution is 5.88. The molecule has 5 atom stereocenters. The van der Waals surface area contributed by atoms with Gasteiger partial charge in [0, 0.05) is 38.5 Å². The molecular weight excluding hydrogens is 564 g/mol. The van der Waals surface area contributed by atoms with Gasteiger partial charge in [0.1, 0.15) is 28.6 Å². The SMILES string of the molecule is CC(=O)OC1C(OC(C)=O)[C@@H](OC(C)=O)C(CO)O[C@H]1Oc1c(-c2ccc(O)c(O)c2)oc2cc(O)cc(O)c2c1=O. The van der Waals surface area contributed by atoms with E-state index in [-0.39, 0.29) is 11.1 Å². The Morgan fingerprint density at radius 3 is 2.02 bits per heavy atom. The Labute approximate surface area is 236 Å². The second-order valence-corrected chi connectivity index (χ2v) is 9.20. The number of aliphatic hydroxyl groups is 1. The minimum absolute atomic E-state index is 0.0324. The van der Waals surface area contributed by atoms with E-state index in [2.05, 4.69) is 0 Å². The number of aliphatic hydroxyl groups excluding tert-OH is 1. The van der Waals surface area contributed by atoms with Gasteiger partial charge in [-0.1, -0.05) is 0 Å². The molecule has 4 rings (SSSR count). The Hall–Kier alpha value is -5.02. The second kappa shape index (κ2) is 11.8. The van der Waals surface area contributed by atoms with Crippen molar-refractivity contribution in [2.75, 3.05) is 6.61 Å². The van der Waals surface area contributed by atoms with E-state index in [0.29, 0.717) is 0 Å². The average molecular weight is 590 g/mol. The number of carbonyl (C=O) groups excluding carboxylic acids is 3. The van der Waals surface area contributed by atoms with Gasteiger partial charge in [0.15, 0.2) is 29.5 Å². The van der Waals surface area contributed by atoms with Crippen LogP contribution in [-0.2, 0) is 33.3 Å². The number of rotatable bonds is 7. The maximum Gasteiger partial charge on any atom is 0.303 e. The number of esters is 3. The third kappa shape index (κ3) is 6.01. The molecule has 0 bridgehead atoms. The fourth-order valence-electron chi connectivity index (χ4n) is 4.44. The fourth-order valence-corrected chi connectivity index (χ4v) is 4.44. The van der Waals surface area contributed by atoms with Crippen molar-refractivity contribution in [3.63, 3.8) is 0 Å². The van der Waals surface area contributed by atoms with E-state index < -0.39 is 101 Å². The van der Waals surface area contributed by atoms with E-state index in [4.69, 9.17) is 28.1 Å². The number of phenolic OH excluding ortho intramolecular Hbond substituents is 4. The first kappa shape index (κ1) is 30.0. The molecule has 3 unspecified atom stereocenters. The van der Waals surface area contributed by atoms with Crippen LogP contribution in [0.3, 0.4) is 0 Å². The van der Waals surface area contributed by atoms with Crippen LogP contribution in [0.4, 0.5) is 0 Å². The lowest BCUT2D eigenvalue weighted by Gasteiger charge is -2.43. The van der Waals surface area contributed by atoms with Crippen molar-refractivity contribution >= 4 is 28.9 Å². The van der Waals surface area contributed by atoms with Crippen LogP contribution >= 0.6 is 0 Å². The van der Waals surface area contributed by atoms with Crippen molar-refractivity contribution < 1.29 is 68.0 Å². The van der Waals surface area contributed by atoms with Gasteiger partial charge in [0.2, 0.25) is 23.6 Å². The lowest BCUT2D eigenvalue weighted by atomic mass is 9.98. The molecule has 2 aromatic carbocycles. The van der Waals surface area contributed by atoms with Crippen molar-refractivity contribution in [2.24, 2.45) is 0 Å². The van der Waals surface area contributed by atoms with Gasteiger partial charge >= 0.3 is 17.9 Å². The average Bonchev–Trinajstić information content (AvgIpc) is 2.88. The van der Waals surface area contributed by atoms with Gasteiger partial charge in [0.05, 0.1) is 6.61 Å². The van der Waals surface area contributed by atoms with Gasteiger partial charge in [-0.15, -0.1) is 0 Å². The summed E-state index contributed by atoms with van der Waals surface area (Å²) in [5, 5.41) is 49.8. The quantitative estimate of drug-likeness (QED) is 0.148. The van der Waals surface area contributed by atoms with Crippen LogP contribution in [0.15, 0.2) is 39.5 Å². The van der Waals surface area contributed by atoms with E-state index in [1.165, 1.54) is 6.07 Å².